The van der Waals surface area contributed by atoms with Gasteiger partial charge in [-0.1, -0.05) is 26.0 Å². The number of ketones is 1. The summed E-state index contributed by atoms with van der Waals surface area (Å²) in [6.07, 6.45) is 3.95. The van der Waals surface area contributed by atoms with Crippen LogP contribution in [0.2, 0.25) is 0 Å². The van der Waals surface area contributed by atoms with E-state index in [4.69, 9.17) is 4.74 Å². The Bertz CT molecular complexity index is 825. The van der Waals surface area contributed by atoms with E-state index in [0.29, 0.717) is 31.0 Å². The fraction of sp³-hybridized carbons (Fsp3) is 0.478. The molecular weight excluding hydrogens is 369 g/mol. The Morgan fingerprint density at radius 1 is 1.34 bits per heavy atom. The van der Waals surface area contributed by atoms with Gasteiger partial charge in [0.2, 0.25) is 0 Å². The summed E-state index contributed by atoms with van der Waals surface area (Å²) < 4.78 is 20.9. The third-order valence-electron chi connectivity index (χ3n) is 5.24. The first kappa shape index (κ1) is 21.1. The van der Waals surface area contributed by atoms with E-state index in [1.54, 1.807) is 19.2 Å². The number of anilines is 2. The number of nitrogens with one attached hydrogen (secondary N) is 1. The summed E-state index contributed by atoms with van der Waals surface area (Å²) in [5.74, 6) is 1.21. The number of carbonyl (C=O) groups excluding carboxylic acids is 1. The minimum atomic E-state index is -0.301. The highest BCUT2D eigenvalue weighted by Crippen LogP contribution is 2.29. The van der Waals surface area contributed by atoms with Crippen LogP contribution in [0.1, 0.15) is 51.5 Å². The van der Waals surface area contributed by atoms with Gasteiger partial charge in [-0.2, -0.15) is 0 Å². The number of aromatic nitrogens is 1. The van der Waals surface area contributed by atoms with Crippen molar-refractivity contribution >= 4 is 17.3 Å². The van der Waals surface area contributed by atoms with E-state index in [9.17, 15) is 9.18 Å². The molecule has 1 N–H and O–H groups in total. The zero-order chi connectivity index (χ0) is 20.8. The highest BCUT2D eigenvalue weighted by Gasteiger charge is 2.27. The maximum absolute atomic E-state index is 14.8. The molecule has 29 heavy (non-hydrogen) atoms. The average Bonchev–Trinajstić information content (AvgIpc) is 3.15. The van der Waals surface area contributed by atoms with Gasteiger partial charge in [0.1, 0.15) is 17.6 Å². The van der Waals surface area contributed by atoms with Gasteiger partial charge < -0.3 is 19.7 Å². The lowest BCUT2D eigenvalue weighted by Crippen LogP contribution is -2.25. The second-order valence-electron chi connectivity index (χ2n) is 7.77. The summed E-state index contributed by atoms with van der Waals surface area (Å²) in [5, 5.41) is 3.04. The third kappa shape index (κ3) is 5.46. The average molecular weight is 400 g/mol. The Hall–Kier alpha value is -2.63. The van der Waals surface area contributed by atoms with E-state index in [-0.39, 0.29) is 23.6 Å². The zero-order valence-electron chi connectivity index (χ0n) is 17.5. The molecule has 1 saturated heterocycles. The molecule has 1 aromatic heterocycles. The Morgan fingerprint density at radius 3 is 2.79 bits per heavy atom. The van der Waals surface area contributed by atoms with Crippen LogP contribution in [0.3, 0.4) is 0 Å². The highest BCUT2D eigenvalue weighted by molar-refractivity contribution is 5.76. The Morgan fingerprint density at radius 2 is 2.10 bits per heavy atom. The van der Waals surface area contributed by atoms with Crippen LogP contribution in [0.25, 0.3) is 0 Å². The van der Waals surface area contributed by atoms with Crippen molar-refractivity contribution in [2.45, 2.75) is 52.1 Å². The molecule has 6 heteroatoms. The van der Waals surface area contributed by atoms with Crippen molar-refractivity contribution in [3.63, 3.8) is 0 Å². The molecule has 0 saturated carbocycles. The zero-order valence-corrected chi connectivity index (χ0v) is 17.5. The molecule has 1 aliphatic heterocycles. The van der Waals surface area contributed by atoms with E-state index < -0.39 is 0 Å². The standard InChI is InChI=1S/C23H30FN3O2/c1-4-11-25-23-22(24)21(9-12-26-23)27-13-10-20(15-27)29-19-7-5-18(6-8-19)16(2)14-17(3)28/h5-9,12,16,20H,4,10-11,13-15H2,1-3H3,(H,25,26)/t16-,20-/m1/s1. The number of rotatable bonds is 9. The van der Waals surface area contributed by atoms with Crippen molar-refractivity contribution in [1.82, 2.24) is 4.98 Å². The van der Waals surface area contributed by atoms with Crippen LogP contribution in [0.15, 0.2) is 36.5 Å². The van der Waals surface area contributed by atoms with Crippen LogP contribution in [0.5, 0.6) is 5.75 Å². The van der Waals surface area contributed by atoms with Crippen molar-refractivity contribution in [2.75, 3.05) is 29.9 Å². The maximum Gasteiger partial charge on any atom is 0.188 e. The van der Waals surface area contributed by atoms with E-state index in [1.807, 2.05) is 36.1 Å². The number of nitrogens with zero attached hydrogens (tertiary/aromatic N) is 2. The van der Waals surface area contributed by atoms with E-state index in [1.165, 1.54) is 0 Å². The lowest BCUT2D eigenvalue weighted by atomic mass is 9.96. The molecule has 1 fully saturated rings. The van der Waals surface area contributed by atoms with Gasteiger partial charge in [-0.15, -0.1) is 0 Å². The van der Waals surface area contributed by atoms with Crippen LogP contribution in [0.4, 0.5) is 15.9 Å². The molecular formula is C23H30FN3O2. The minimum absolute atomic E-state index is 0.00936. The van der Waals surface area contributed by atoms with Crippen LogP contribution >= 0.6 is 0 Å². The van der Waals surface area contributed by atoms with Crippen LogP contribution in [-0.4, -0.2) is 36.5 Å². The van der Waals surface area contributed by atoms with Gasteiger partial charge in [0.15, 0.2) is 11.6 Å². The van der Waals surface area contributed by atoms with Crippen molar-refractivity contribution in [3.05, 3.63) is 47.9 Å². The first-order valence-electron chi connectivity index (χ1n) is 10.4. The lowest BCUT2D eigenvalue weighted by molar-refractivity contribution is -0.117. The van der Waals surface area contributed by atoms with Gasteiger partial charge in [0, 0.05) is 32.1 Å². The smallest absolute Gasteiger partial charge is 0.188 e. The van der Waals surface area contributed by atoms with Crippen molar-refractivity contribution in [2.24, 2.45) is 0 Å². The largest absolute Gasteiger partial charge is 0.489 e. The van der Waals surface area contributed by atoms with Crippen molar-refractivity contribution < 1.29 is 13.9 Å². The monoisotopic (exact) mass is 399 g/mol. The molecule has 2 heterocycles. The van der Waals surface area contributed by atoms with Crippen LogP contribution in [-0.2, 0) is 4.79 Å². The minimum Gasteiger partial charge on any atom is -0.489 e. The molecule has 1 aromatic carbocycles. The summed E-state index contributed by atoms with van der Waals surface area (Å²) in [4.78, 5) is 17.4. The SMILES string of the molecule is CCCNc1nccc(N2CC[C@@H](Oc3ccc([C@H](C)CC(C)=O)cc3)C2)c1F. The number of Topliss-reactive ketones (excluding diaryl/α,β-unsaturated/α-hetero) is 1. The van der Waals surface area contributed by atoms with E-state index in [2.05, 4.69) is 17.2 Å². The molecule has 1 aliphatic rings. The fourth-order valence-corrected chi connectivity index (χ4v) is 3.70. The molecule has 0 unspecified atom stereocenters. The second-order valence-corrected chi connectivity index (χ2v) is 7.77. The summed E-state index contributed by atoms with van der Waals surface area (Å²) in [5.41, 5.74) is 1.70. The van der Waals surface area contributed by atoms with Crippen LogP contribution in [0, 0.1) is 5.82 Å². The Kier molecular flexibility index (Phi) is 7.07. The number of benzene rings is 1. The molecule has 0 bridgehead atoms. The first-order valence-corrected chi connectivity index (χ1v) is 10.4. The predicted octanol–water partition coefficient (Wildman–Crippen LogP) is 4.78. The third-order valence-corrected chi connectivity index (χ3v) is 5.24. The molecule has 3 rings (SSSR count). The first-order chi connectivity index (χ1) is 14.0. The van der Waals surface area contributed by atoms with Gasteiger partial charge >= 0.3 is 0 Å². The Labute approximate surface area is 172 Å². The predicted molar refractivity (Wildman–Crippen MR) is 114 cm³/mol. The molecule has 0 aliphatic carbocycles. The molecule has 156 valence electrons. The quantitative estimate of drug-likeness (QED) is 0.657. The summed E-state index contributed by atoms with van der Waals surface area (Å²) >= 11 is 0. The molecule has 2 atom stereocenters. The number of ether oxygens (including phenoxy) is 1. The van der Waals surface area contributed by atoms with Gasteiger partial charge in [-0.3, -0.25) is 0 Å². The number of hydrogen-bond donors (Lipinski definition) is 1. The highest BCUT2D eigenvalue weighted by atomic mass is 19.1. The van der Waals surface area contributed by atoms with Crippen molar-refractivity contribution in [3.8, 4) is 5.75 Å². The topological polar surface area (TPSA) is 54.5 Å². The maximum atomic E-state index is 14.8. The molecule has 5 nitrogen and oxygen atoms in total. The molecule has 0 spiro atoms. The molecule has 2 aromatic rings. The summed E-state index contributed by atoms with van der Waals surface area (Å²) in [6, 6.07) is 9.66. The Balaban J connectivity index is 1.60. The number of halogens is 1. The number of carbonyl (C=O) groups is 1. The fourth-order valence-electron chi connectivity index (χ4n) is 3.70. The lowest BCUT2D eigenvalue weighted by Gasteiger charge is -2.21. The van der Waals surface area contributed by atoms with Gasteiger partial charge in [-0.05, 0) is 43.0 Å². The van der Waals surface area contributed by atoms with Gasteiger partial charge in [0.25, 0.3) is 0 Å². The van der Waals surface area contributed by atoms with Crippen molar-refractivity contribution in [1.29, 1.82) is 0 Å². The molecule has 0 radical (unpaired) electrons. The van der Waals surface area contributed by atoms with Gasteiger partial charge in [0.05, 0.1) is 12.2 Å². The molecule has 0 amide bonds. The summed E-state index contributed by atoms with van der Waals surface area (Å²) in [6.45, 7) is 7.78. The van der Waals surface area contributed by atoms with Crippen LogP contribution < -0.4 is 15.0 Å². The second kappa shape index (κ2) is 9.72. The normalized spacial score (nSPS) is 17.2. The van der Waals surface area contributed by atoms with E-state index >= 15 is 0 Å². The number of pyridine rings is 1. The summed E-state index contributed by atoms with van der Waals surface area (Å²) in [7, 11) is 0. The van der Waals surface area contributed by atoms with Gasteiger partial charge in [-0.25, -0.2) is 9.37 Å². The number of hydrogen-bond acceptors (Lipinski definition) is 5. The van der Waals surface area contributed by atoms with E-state index in [0.717, 1.165) is 30.7 Å².